The fourth-order valence-electron chi connectivity index (χ4n) is 2.79. The van der Waals surface area contributed by atoms with Gasteiger partial charge in [-0.3, -0.25) is 4.79 Å². The third-order valence-corrected chi connectivity index (χ3v) is 4.39. The Morgan fingerprint density at radius 1 is 1.24 bits per heavy atom. The fraction of sp³-hybridized carbons (Fsp3) is 0.875. The minimum Gasteiger partial charge on any atom is -0.357 e. The number of nitrogens with zero attached hydrogens (tertiary/aromatic N) is 2. The zero-order valence-corrected chi connectivity index (χ0v) is 14.3. The molecule has 0 heterocycles. The van der Waals surface area contributed by atoms with Crippen molar-refractivity contribution in [2.45, 2.75) is 46.5 Å². The highest BCUT2D eigenvalue weighted by Gasteiger charge is 2.31. The summed E-state index contributed by atoms with van der Waals surface area (Å²) in [6.07, 6.45) is 5.39. The molecule has 5 nitrogen and oxygen atoms in total. The van der Waals surface area contributed by atoms with E-state index < -0.39 is 0 Å². The summed E-state index contributed by atoms with van der Waals surface area (Å²) in [5.41, 5.74) is 0.262. The Labute approximate surface area is 129 Å². The Morgan fingerprint density at radius 2 is 1.86 bits per heavy atom. The average Bonchev–Trinajstić information content (AvgIpc) is 2.96. The molecule has 0 bridgehead atoms. The van der Waals surface area contributed by atoms with E-state index in [0.717, 1.165) is 25.0 Å². The van der Waals surface area contributed by atoms with Crippen LogP contribution in [0.15, 0.2) is 4.99 Å². The van der Waals surface area contributed by atoms with Gasteiger partial charge in [0.25, 0.3) is 0 Å². The second-order valence-corrected chi connectivity index (χ2v) is 6.81. The molecule has 0 saturated heterocycles. The first-order chi connectivity index (χ1) is 9.86. The number of nitrogens with one attached hydrogen (secondary N) is 2. The summed E-state index contributed by atoms with van der Waals surface area (Å²) >= 11 is 0. The molecule has 0 atom stereocenters. The van der Waals surface area contributed by atoms with Crippen molar-refractivity contribution < 1.29 is 4.79 Å². The molecule has 1 fully saturated rings. The third kappa shape index (κ3) is 5.94. The maximum Gasteiger partial charge on any atom is 0.243 e. The second-order valence-electron chi connectivity index (χ2n) is 6.81. The highest BCUT2D eigenvalue weighted by molar-refractivity contribution is 5.84. The van der Waals surface area contributed by atoms with E-state index in [-0.39, 0.29) is 17.9 Å². The number of guanidine groups is 1. The van der Waals surface area contributed by atoms with Crippen molar-refractivity contribution in [1.82, 2.24) is 15.5 Å². The minimum atomic E-state index is 0.0160. The molecule has 0 aromatic heterocycles. The molecule has 1 aliphatic carbocycles. The molecule has 122 valence electrons. The molecule has 2 N–H and O–H groups in total. The second kappa shape index (κ2) is 8.25. The molecule has 0 unspecified atom stereocenters. The number of carbonyl (C=O) groups excluding carboxylic acids is 1. The lowest BCUT2D eigenvalue weighted by Gasteiger charge is -2.32. The van der Waals surface area contributed by atoms with Crippen LogP contribution < -0.4 is 10.6 Å². The van der Waals surface area contributed by atoms with Gasteiger partial charge in [0.15, 0.2) is 5.96 Å². The van der Waals surface area contributed by atoms with E-state index in [4.69, 9.17) is 0 Å². The zero-order valence-electron chi connectivity index (χ0n) is 14.3. The Kier molecular flexibility index (Phi) is 6.99. The van der Waals surface area contributed by atoms with E-state index >= 15 is 0 Å². The molecular formula is C16H32N4O. The molecule has 0 aromatic carbocycles. The van der Waals surface area contributed by atoms with Crippen LogP contribution in [0, 0.1) is 11.3 Å². The van der Waals surface area contributed by atoms with Gasteiger partial charge in [-0.05, 0) is 31.1 Å². The van der Waals surface area contributed by atoms with Gasteiger partial charge in [0.1, 0.15) is 6.54 Å². The van der Waals surface area contributed by atoms with Crippen LogP contribution in [-0.2, 0) is 4.79 Å². The van der Waals surface area contributed by atoms with Crippen LogP contribution in [0.5, 0.6) is 0 Å². The number of carbonyl (C=O) groups is 1. The topological polar surface area (TPSA) is 56.7 Å². The van der Waals surface area contributed by atoms with Gasteiger partial charge in [0.05, 0.1) is 0 Å². The maximum absolute atomic E-state index is 11.6. The molecule has 1 amide bonds. The lowest BCUT2D eigenvalue weighted by molar-refractivity contribution is -0.127. The molecule has 1 aliphatic rings. The van der Waals surface area contributed by atoms with Crippen LogP contribution in [0.3, 0.4) is 0 Å². The SMILES string of the molecule is CCNC(=NCC(=O)N(C)C)NCC(C)(C)C1CCCC1. The van der Waals surface area contributed by atoms with Crippen LogP contribution >= 0.6 is 0 Å². The number of aliphatic imine (C=N–C) groups is 1. The Hall–Kier alpha value is -1.26. The zero-order chi connectivity index (χ0) is 15.9. The van der Waals surface area contributed by atoms with E-state index in [1.807, 2.05) is 6.92 Å². The van der Waals surface area contributed by atoms with Gasteiger partial charge < -0.3 is 15.5 Å². The van der Waals surface area contributed by atoms with Crippen LogP contribution in [0.1, 0.15) is 46.5 Å². The molecule has 1 saturated carbocycles. The quantitative estimate of drug-likeness (QED) is 0.581. The summed E-state index contributed by atoms with van der Waals surface area (Å²) in [6, 6.07) is 0. The van der Waals surface area contributed by atoms with E-state index in [9.17, 15) is 4.79 Å². The van der Waals surface area contributed by atoms with Gasteiger partial charge in [0.2, 0.25) is 5.91 Å². The average molecular weight is 296 g/mol. The van der Waals surface area contributed by atoms with Gasteiger partial charge in [0, 0.05) is 27.2 Å². The minimum absolute atomic E-state index is 0.0160. The first kappa shape index (κ1) is 17.8. The normalized spacial score (nSPS) is 16.9. The Morgan fingerprint density at radius 3 is 2.38 bits per heavy atom. The van der Waals surface area contributed by atoms with Crippen molar-refractivity contribution in [3.8, 4) is 0 Å². The Bertz CT molecular complexity index is 357. The van der Waals surface area contributed by atoms with E-state index in [0.29, 0.717) is 0 Å². The summed E-state index contributed by atoms with van der Waals surface area (Å²) in [4.78, 5) is 17.6. The third-order valence-electron chi connectivity index (χ3n) is 4.39. The number of likely N-dealkylation sites (N-methyl/N-ethyl adjacent to an activating group) is 1. The van der Waals surface area contributed by atoms with Crippen LogP contribution in [0.2, 0.25) is 0 Å². The van der Waals surface area contributed by atoms with Gasteiger partial charge in [-0.2, -0.15) is 0 Å². The molecule has 0 aromatic rings. The standard InChI is InChI=1S/C16H32N4O/c1-6-17-15(18-11-14(21)20(4)5)19-12-16(2,3)13-9-7-8-10-13/h13H,6-12H2,1-5H3,(H2,17,18,19). The first-order valence-electron chi connectivity index (χ1n) is 8.09. The monoisotopic (exact) mass is 296 g/mol. The van der Waals surface area contributed by atoms with E-state index in [1.165, 1.54) is 25.7 Å². The van der Waals surface area contributed by atoms with E-state index in [1.54, 1.807) is 19.0 Å². The van der Waals surface area contributed by atoms with Crippen LogP contribution in [-0.4, -0.2) is 50.5 Å². The van der Waals surface area contributed by atoms with Gasteiger partial charge in [-0.25, -0.2) is 4.99 Å². The van der Waals surface area contributed by atoms with Crippen molar-refractivity contribution in [2.75, 3.05) is 33.7 Å². The summed E-state index contributed by atoms with van der Waals surface area (Å²) in [5.74, 6) is 1.54. The molecule has 1 rings (SSSR count). The number of amides is 1. The predicted octanol–water partition coefficient (Wildman–Crippen LogP) is 1.85. The largest absolute Gasteiger partial charge is 0.357 e. The summed E-state index contributed by atoms with van der Waals surface area (Å²) in [6.45, 7) is 8.56. The van der Waals surface area contributed by atoms with Gasteiger partial charge >= 0.3 is 0 Å². The molecule has 5 heteroatoms. The molecule has 21 heavy (non-hydrogen) atoms. The van der Waals surface area contributed by atoms with Gasteiger partial charge in [-0.1, -0.05) is 26.7 Å². The van der Waals surface area contributed by atoms with Gasteiger partial charge in [-0.15, -0.1) is 0 Å². The number of hydrogen-bond donors (Lipinski definition) is 2. The van der Waals surface area contributed by atoms with E-state index in [2.05, 4.69) is 29.5 Å². The highest BCUT2D eigenvalue weighted by Crippen LogP contribution is 2.38. The van der Waals surface area contributed by atoms with Crippen molar-refractivity contribution in [2.24, 2.45) is 16.3 Å². The summed E-state index contributed by atoms with van der Waals surface area (Å²) in [5, 5.41) is 6.61. The number of rotatable bonds is 6. The lowest BCUT2D eigenvalue weighted by Crippen LogP contribution is -2.44. The highest BCUT2D eigenvalue weighted by atomic mass is 16.2. The first-order valence-corrected chi connectivity index (χ1v) is 8.09. The molecule has 0 spiro atoms. The smallest absolute Gasteiger partial charge is 0.243 e. The van der Waals surface area contributed by atoms with Crippen molar-refractivity contribution >= 4 is 11.9 Å². The predicted molar refractivity (Wildman–Crippen MR) is 88.4 cm³/mol. The van der Waals surface area contributed by atoms with Crippen molar-refractivity contribution in [1.29, 1.82) is 0 Å². The molecule has 0 aliphatic heterocycles. The lowest BCUT2D eigenvalue weighted by atomic mass is 9.78. The molecule has 0 radical (unpaired) electrons. The maximum atomic E-state index is 11.6. The summed E-state index contributed by atoms with van der Waals surface area (Å²) < 4.78 is 0. The van der Waals surface area contributed by atoms with Crippen molar-refractivity contribution in [3.63, 3.8) is 0 Å². The molecular weight excluding hydrogens is 264 g/mol. The van der Waals surface area contributed by atoms with Crippen LogP contribution in [0.25, 0.3) is 0 Å². The van der Waals surface area contributed by atoms with Crippen LogP contribution in [0.4, 0.5) is 0 Å². The fourth-order valence-corrected chi connectivity index (χ4v) is 2.79. The number of hydrogen-bond acceptors (Lipinski definition) is 2. The van der Waals surface area contributed by atoms with Crippen molar-refractivity contribution in [3.05, 3.63) is 0 Å². The summed E-state index contributed by atoms with van der Waals surface area (Å²) in [7, 11) is 3.50. The Balaban J connectivity index is 2.53.